The summed E-state index contributed by atoms with van der Waals surface area (Å²) in [5.41, 5.74) is 1.87. The lowest BCUT2D eigenvalue weighted by Gasteiger charge is -2.30. The first-order chi connectivity index (χ1) is 9.06. The summed E-state index contributed by atoms with van der Waals surface area (Å²) in [6, 6.07) is 4.58. The molecule has 2 aromatic rings. The van der Waals surface area contributed by atoms with Crippen molar-refractivity contribution in [2.75, 3.05) is 0 Å². The number of hydrogen-bond donors (Lipinski definition) is 1. The molecule has 0 aliphatic carbocycles. The molecule has 0 fully saturated rings. The minimum Gasteiger partial charge on any atom is -0.470 e. The van der Waals surface area contributed by atoms with Crippen molar-refractivity contribution >= 4 is 0 Å². The van der Waals surface area contributed by atoms with Gasteiger partial charge in [0, 0.05) is 11.8 Å². The Morgan fingerprint density at radius 1 is 1.37 bits per heavy atom. The Balaban J connectivity index is 2.27. The second-order valence-electron chi connectivity index (χ2n) is 4.95. The first-order valence-electron chi connectivity index (χ1n) is 6.12. The number of nitrogens with one attached hydrogen (secondary N) is 1. The molecule has 0 saturated heterocycles. The lowest BCUT2D eigenvalue weighted by Crippen LogP contribution is -2.23. The number of fused-ring (bicyclic) bond motifs is 3. The summed E-state index contributed by atoms with van der Waals surface area (Å²) in [7, 11) is 0. The molecular formula is C14H13FN2O2. The minimum absolute atomic E-state index is 0.158. The van der Waals surface area contributed by atoms with E-state index in [4.69, 9.17) is 4.74 Å². The smallest absolute Gasteiger partial charge is 0.347 e. The zero-order valence-electron chi connectivity index (χ0n) is 10.6. The Bertz CT molecular complexity index is 694. The van der Waals surface area contributed by atoms with Crippen molar-refractivity contribution in [2.24, 2.45) is 5.92 Å². The molecule has 4 nitrogen and oxygen atoms in total. The molecule has 0 radical (unpaired) electrons. The lowest BCUT2D eigenvalue weighted by atomic mass is 9.90. The topological polar surface area (TPSA) is 55.0 Å². The van der Waals surface area contributed by atoms with Crippen LogP contribution in [0.2, 0.25) is 0 Å². The molecule has 5 heteroatoms. The van der Waals surface area contributed by atoms with Gasteiger partial charge in [-0.25, -0.2) is 14.2 Å². The zero-order valence-corrected chi connectivity index (χ0v) is 10.6. The van der Waals surface area contributed by atoms with Crippen LogP contribution < -0.4 is 10.4 Å². The maximum absolute atomic E-state index is 13.4. The number of aromatic nitrogens is 2. The Kier molecular flexibility index (Phi) is 2.62. The van der Waals surface area contributed by atoms with Gasteiger partial charge in [0.15, 0.2) is 0 Å². The largest absolute Gasteiger partial charge is 0.470 e. The van der Waals surface area contributed by atoms with Crippen LogP contribution in [0.25, 0.3) is 11.1 Å². The van der Waals surface area contributed by atoms with Gasteiger partial charge in [0.1, 0.15) is 11.9 Å². The molecule has 19 heavy (non-hydrogen) atoms. The predicted molar refractivity (Wildman–Crippen MR) is 68.5 cm³/mol. The molecule has 1 aliphatic rings. The van der Waals surface area contributed by atoms with E-state index in [1.165, 1.54) is 18.3 Å². The van der Waals surface area contributed by atoms with Crippen LogP contribution in [0.3, 0.4) is 0 Å². The summed E-state index contributed by atoms with van der Waals surface area (Å²) < 4.78 is 19.2. The molecule has 2 heterocycles. The molecule has 0 spiro atoms. The van der Waals surface area contributed by atoms with Crippen molar-refractivity contribution in [3.63, 3.8) is 0 Å². The number of hydrogen-bond acceptors (Lipinski definition) is 3. The fraction of sp³-hybridized carbons (Fsp3) is 0.286. The molecular weight excluding hydrogens is 247 g/mol. The number of rotatable bonds is 1. The average Bonchev–Trinajstić information content (AvgIpc) is 2.37. The highest BCUT2D eigenvalue weighted by Gasteiger charge is 2.29. The molecule has 98 valence electrons. The highest BCUT2D eigenvalue weighted by molar-refractivity contribution is 5.73. The van der Waals surface area contributed by atoms with Gasteiger partial charge in [0.25, 0.3) is 0 Å². The molecule has 1 N–H and O–H groups in total. The van der Waals surface area contributed by atoms with Crippen LogP contribution in [0.15, 0.2) is 29.2 Å². The van der Waals surface area contributed by atoms with Crippen molar-refractivity contribution in [1.82, 2.24) is 9.97 Å². The van der Waals surface area contributed by atoms with Gasteiger partial charge in [-0.05, 0) is 23.6 Å². The molecule has 0 amide bonds. The van der Waals surface area contributed by atoms with Gasteiger partial charge in [-0.15, -0.1) is 0 Å². The fourth-order valence-corrected chi connectivity index (χ4v) is 2.36. The highest BCUT2D eigenvalue weighted by atomic mass is 19.1. The molecule has 1 aromatic heterocycles. The summed E-state index contributed by atoms with van der Waals surface area (Å²) in [4.78, 5) is 17.6. The normalized spacial score (nSPS) is 16.7. The van der Waals surface area contributed by atoms with Crippen molar-refractivity contribution in [3.05, 3.63) is 46.3 Å². The number of H-pyrrole nitrogens is 1. The number of benzene rings is 1. The lowest BCUT2D eigenvalue weighted by molar-refractivity contribution is 0.142. The third-order valence-corrected chi connectivity index (χ3v) is 3.24. The summed E-state index contributed by atoms with van der Waals surface area (Å²) >= 11 is 0. The second-order valence-corrected chi connectivity index (χ2v) is 4.95. The molecule has 3 rings (SSSR count). The van der Waals surface area contributed by atoms with Gasteiger partial charge >= 0.3 is 5.69 Å². The van der Waals surface area contributed by atoms with E-state index >= 15 is 0 Å². The molecule has 1 aliphatic heterocycles. The van der Waals surface area contributed by atoms with E-state index in [1.54, 1.807) is 6.07 Å². The molecule has 0 saturated carbocycles. The Morgan fingerprint density at radius 3 is 2.89 bits per heavy atom. The van der Waals surface area contributed by atoms with Crippen LogP contribution in [0.4, 0.5) is 4.39 Å². The standard InChI is InChI=1S/C14H13FN2O2/c1-7(2)12-10-5-8(15)3-4-9(10)11-6-16-14(18)17-13(11)19-12/h3-7,12H,1-2H3,(H,16,17,18)/t12-/m0/s1. The Morgan fingerprint density at radius 2 is 2.16 bits per heavy atom. The molecule has 0 bridgehead atoms. The first-order valence-corrected chi connectivity index (χ1v) is 6.12. The van der Waals surface area contributed by atoms with Gasteiger partial charge in [-0.2, -0.15) is 0 Å². The average molecular weight is 260 g/mol. The maximum Gasteiger partial charge on any atom is 0.347 e. The van der Waals surface area contributed by atoms with Gasteiger partial charge in [0.2, 0.25) is 5.88 Å². The Hall–Kier alpha value is -2.17. The van der Waals surface area contributed by atoms with E-state index in [0.717, 1.165) is 11.1 Å². The van der Waals surface area contributed by atoms with Crippen molar-refractivity contribution in [1.29, 1.82) is 0 Å². The summed E-state index contributed by atoms with van der Waals surface area (Å²) in [6.07, 6.45) is 1.18. The van der Waals surface area contributed by atoms with Gasteiger partial charge in [-0.1, -0.05) is 19.9 Å². The van der Waals surface area contributed by atoms with E-state index in [-0.39, 0.29) is 17.8 Å². The molecule has 1 atom stereocenters. The monoisotopic (exact) mass is 260 g/mol. The SMILES string of the molecule is CC(C)[C@@H]1Oc2[nH]c(=O)ncc2-c2ccc(F)cc21. The van der Waals surface area contributed by atoms with E-state index in [2.05, 4.69) is 9.97 Å². The quantitative estimate of drug-likeness (QED) is 0.857. The van der Waals surface area contributed by atoms with E-state index in [0.29, 0.717) is 11.4 Å². The third kappa shape index (κ3) is 1.91. The van der Waals surface area contributed by atoms with Crippen molar-refractivity contribution in [3.8, 4) is 17.0 Å². The van der Waals surface area contributed by atoms with E-state index < -0.39 is 5.69 Å². The van der Waals surface area contributed by atoms with Crippen molar-refractivity contribution in [2.45, 2.75) is 20.0 Å². The van der Waals surface area contributed by atoms with E-state index in [9.17, 15) is 9.18 Å². The summed E-state index contributed by atoms with van der Waals surface area (Å²) in [5.74, 6) is 0.261. The maximum atomic E-state index is 13.4. The van der Waals surface area contributed by atoms with Gasteiger partial charge < -0.3 is 4.74 Å². The number of ether oxygens (including phenoxy) is 1. The Labute approximate surface area is 109 Å². The van der Waals surface area contributed by atoms with E-state index in [1.807, 2.05) is 13.8 Å². The van der Waals surface area contributed by atoms with Crippen LogP contribution in [0.5, 0.6) is 5.88 Å². The number of halogens is 1. The van der Waals surface area contributed by atoms with Crippen molar-refractivity contribution < 1.29 is 9.13 Å². The minimum atomic E-state index is -0.452. The van der Waals surface area contributed by atoms with Crippen LogP contribution in [0, 0.1) is 11.7 Å². The predicted octanol–water partition coefficient (Wildman–Crippen LogP) is 2.67. The second kappa shape index (κ2) is 4.19. The first kappa shape index (κ1) is 11.9. The van der Waals surface area contributed by atoms with Crippen LogP contribution >= 0.6 is 0 Å². The number of nitrogens with zero attached hydrogens (tertiary/aromatic N) is 1. The summed E-state index contributed by atoms with van der Waals surface area (Å²) in [6.45, 7) is 3.98. The van der Waals surface area contributed by atoms with Gasteiger partial charge in [-0.3, -0.25) is 4.98 Å². The fourth-order valence-electron chi connectivity index (χ4n) is 2.36. The van der Waals surface area contributed by atoms with Crippen LogP contribution in [-0.4, -0.2) is 9.97 Å². The number of aromatic amines is 1. The van der Waals surface area contributed by atoms with Gasteiger partial charge in [0.05, 0.1) is 5.56 Å². The van der Waals surface area contributed by atoms with Crippen LogP contribution in [-0.2, 0) is 0 Å². The van der Waals surface area contributed by atoms with Crippen LogP contribution in [0.1, 0.15) is 25.5 Å². The molecule has 1 aromatic carbocycles. The third-order valence-electron chi connectivity index (χ3n) is 3.24. The zero-order chi connectivity index (χ0) is 13.6. The highest BCUT2D eigenvalue weighted by Crippen LogP contribution is 2.42. The molecule has 0 unspecified atom stereocenters. The summed E-state index contributed by atoms with van der Waals surface area (Å²) in [5, 5.41) is 0.